The van der Waals surface area contributed by atoms with E-state index in [0.717, 1.165) is 18.4 Å². The molecule has 28 heavy (non-hydrogen) atoms. The van der Waals surface area contributed by atoms with Crippen LogP contribution in [-0.2, 0) is 14.3 Å². The van der Waals surface area contributed by atoms with E-state index < -0.39 is 5.82 Å². The highest BCUT2D eigenvalue weighted by Gasteiger charge is 2.48. The minimum atomic E-state index is -0.484. The van der Waals surface area contributed by atoms with Crippen molar-refractivity contribution in [3.05, 3.63) is 29.6 Å². The monoisotopic (exact) mass is 412 g/mol. The van der Waals surface area contributed by atoms with Crippen molar-refractivity contribution in [2.24, 2.45) is 11.3 Å². The first-order valence-corrected chi connectivity index (χ1v) is 10.0. The molecule has 3 rings (SSSR count). The Hall–Kier alpha value is -1.86. The molecule has 0 radical (unpaired) electrons. The van der Waals surface area contributed by atoms with Crippen LogP contribution in [0.4, 0.5) is 4.39 Å². The third-order valence-corrected chi connectivity index (χ3v) is 6.00. The van der Waals surface area contributed by atoms with Gasteiger partial charge >= 0.3 is 0 Å². The van der Waals surface area contributed by atoms with Gasteiger partial charge in [-0.05, 0) is 42.9 Å². The maximum absolute atomic E-state index is 13.8. The molecule has 6 nitrogen and oxygen atoms in total. The van der Waals surface area contributed by atoms with Gasteiger partial charge in [0.05, 0.1) is 0 Å². The van der Waals surface area contributed by atoms with Crippen LogP contribution >= 0.6 is 11.6 Å². The number of benzene rings is 1. The van der Waals surface area contributed by atoms with Crippen LogP contribution in [0.25, 0.3) is 0 Å². The Balaban J connectivity index is 1.63. The number of aryl methyl sites for hydroxylation is 1. The van der Waals surface area contributed by atoms with Crippen molar-refractivity contribution in [2.75, 3.05) is 45.3 Å². The second kappa shape index (κ2) is 9.09. The third kappa shape index (κ3) is 4.75. The van der Waals surface area contributed by atoms with Crippen LogP contribution in [0.1, 0.15) is 18.4 Å². The predicted molar refractivity (Wildman–Crippen MR) is 103 cm³/mol. The first-order chi connectivity index (χ1) is 13.4. The molecule has 1 spiro atoms. The third-order valence-electron chi connectivity index (χ3n) is 5.76. The van der Waals surface area contributed by atoms with Crippen LogP contribution in [0.2, 0.25) is 0 Å². The molecule has 1 unspecified atom stereocenters. The van der Waals surface area contributed by atoms with Crippen LogP contribution in [0.3, 0.4) is 0 Å². The number of nitrogens with one attached hydrogen (secondary N) is 1. The molecule has 0 aliphatic carbocycles. The number of halogens is 2. The Morgan fingerprint density at radius 1 is 1.39 bits per heavy atom. The van der Waals surface area contributed by atoms with Gasteiger partial charge in [-0.25, -0.2) is 4.39 Å². The van der Waals surface area contributed by atoms with E-state index in [1.165, 1.54) is 6.07 Å². The fourth-order valence-corrected chi connectivity index (χ4v) is 4.18. The number of likely N-dealkylation sites (tertiary alicyclic amines) is 1. The van der Waals surface area contributed by atoms with Crippen molar-refractivity contribution in [1.29, 1.82) is 0 Å². The van der Waals surface area contributed by atoms with Crippen molar-refractivity contribution in [2.45, 2.75) is 19.8 Å². The molecule has 1 aromatic rings. The van der Waals surface area contributed by atoms with Crippen molar-refractivity contribution < 1.29 is 23.5 Å². The molecule has 2 saturated heterocycles. The number of amides is 2. The van der Waals surface area contributed by atoms with E-state index in [1.807, 2.05) is 6.92 Å². The molecule has 0 aromatic heterocycles. The summed E-state index contributed by atoms with van der Waals surface area (Å²) >= 11 is 5.57. The maximum Gasteiger partial charge on any atom is 0.260 e. The number of ether oxygens (including phenoxy) is 2. The molecule has 2 aliphatic heterocycles. The zero-order valence-corrected chi connectivity index (χ0v) is 16.8. The van der Waals surface area contributed by atoms with Gasteiger partial charge in [-0.15, -0.1) is 11.6 Å². The lowest BCUT2D eigenvalue weighted by Crippen LogP contribution is -2.42. The molecule has 0 saturated carbocycles. The largest absolute Gasteiger partial charge is 0.481 e. The van der Waals surface area contributed by atoms with Gasteiger partial charge in [-0.1, -0.05) is 6.07 Å². The Kier molecular flexibility index (Phi) is 6.78. The van der Waals surface area contributed by atoms with Crippen molar-refractivity contribution >= 4 is 23.4 Å². The quantitative estimate of drug-likeness (QED) is 0.727. The van der Waals surface area contributed by atoms with E-state index in [4.69, 9.17) is 21.1 Å². The Labute approximate surface area is 169 Å². The average Bonchev–Trinajstić information content (AvgIpc) is 3.04. The standard InChI is InChI=1S/C20H26ClFN2O4/c1-14-2-3-16(22)17(8-14)28-12-19(26)24-11-15(10-23-18(25)9-21)20(13-24)4-6-27-7-5-20/h2-3,8,15H,4-7,9-13H2,1H3,(H,23,25). The molecular formula is C20H26ClFN2O4. The highest BCUT2D eigenvalue weighted by Crippen LogP contribution is 2.44. The van der Waals surface area contributed by atoms with Crippen LogP contribution in [0.5, 0.6) is 5.75 Å². The van der Waals surface area contributed by atoms with Crippen LogP contribution in [0, 0.1) is 24.1 Å². The topological polar surface area (TPSA) is 67.9 Å². The summed E-state index contributed by atoms with van der Waals surface area (Å²) in [6.07, 6.45) is 1.68. The molecule has 8 heteroatoms. The fourth-order valence-electron chi connectivity index (χ4n) is 4.09. The molecule has 2 amide bonds. The van der Waals surface area contributed by atoms with E-state index in [0.29, 0.717) is 32.8 Å². The lowest BCUT2D eigenvalue weighted by atomic mass is 9.72. The summed E-state index contributed by atoms with van der Waals surface area (Å²) < 4.78 is 24.8. The lowest BCUT2D eigenvalue weighted by Gasteiger charge is -2.38. The molecule has 1 atom stereocenters. The minimum Gasteiger partial charge on any atom is -0.481 e. The van der Waals surface area contributed by atoms with Gasteiger partial charge in [0.2, 0.25) is 5.91 Å². The zero-order chi connectivity index (χ0) is 20.1. The summed E-state index contributed by atoms with van der Waals surface area (Å²) in [4.78, 5) is 26.1. The number of alkyl halides is 1. The number of hydrogen-bond donors (Lipinski definition) is 1. The average molecular weight is 413 g/mol. The molecule has 2 aliphatic rings. The minimum absolute atomic E-state index is 0.0813. The molecule has 2 heterocycles. The summed E-state index contributed by atoms with van der Waals surface area (Å²) in [6, 6.07) is 4.56. The fraction of sp³-hybridized carbons (Fsp3) is 0.600. The zero-order valence-electron chi connectivity index (χ0n) is 16.0. The Morgan fingerprint density at radius 3 is 2.86 bits per heavy atom. The maximum atomic E-state index is 13.8. The normalized spacial score (nSPS) is 21.0. The van der Waals surface area contributed by atoms with Gasteiger partial charge in [0.1, 0.15) is 5.88 Å². The number of hydrogen-bond acceptors (Lipinski definition) is 4. The first kappa shape index (κ1) is 20.9. The number of nitrogens with zero attached hydrogens (tertiary/aromatic N) is 1. The summed E-state index contributed by atoms with van der Waals surface area (Å²) in [5.74, 6) is -0.754. The highest BCUT2D eigenvalue weighted by molar-refractivity contribution is 6.27. The Morgan fingerprint density at radius 2 is 2.14 bits per heavy atom. The molecule has 154 valence electrons. The second-order valence-electron chi connectivity index (χ2n) is 7.61. The van der Waals surface area contributed by atoms with Gasteiger partial charge in [-0.2, -0.15) is 0 Å². The van der Waals surface area contributed by atoms with Gasteiger partial charge in [0, 0.05) is 38.8 Å². The smallest absolute Gasteiger partial charge is 0.260 e. The van der Waals surface area contributed by atoms with Crippen LogP contribution < -0.4 is 10.1 Å². The second-order valence-corrected chi connectivity index (χ2v) is 7.87. The van der Waals surface area contributed by atoms with E-state index in [1.54, 1.807) is 17.0 Å². The van der Waals surface area contributed by atoms with Crippen molar-refractivity contribution in [3.8, 4) is 5.75 Å². The highest BCUT2D eigenvalue weighted by atomic mass is 35.5. The van der Waals surface area contributed by atoms with Crippen molar-refractivity contribution in [1.82, 2.24) is 10.2 Å². The number of carbonyl (C=O) groups is 2. The number of rotatable bonds is 6. The van der Waals surface area contributed by atoms with Gasteiger partial charge < -0.3 is 19.7 Å². The molecule has 2 fully saturated rings. The summed E-state index contributed by atoms with van der Waals surface area (Å²) in [5, 5.41) is 2.85. The Bertz CT molecular complexity index is 724. The lowest BCUT2D eigenvalue weighted by molar-refractivity contribution is -0.133. The van der Waals surface area contributed by atoms with Gasteiger partial charge in [0.25, 0.3) is 5.91 Å². The number of carbonyl (C=O) groups excluding carboxylic acids is 2. The van der Waals surface area contributed by atoms with Crippen LogP contribution in [0.15, 0.2) is 18.2 Å². The SMILES string of the molecule is Cc1ccc(F)c(OCC(=O)N2CC(CNC(=O)CCl)C3(CCOCC3)C2)c1. The van der Waals surface area contributed by atoms with Crippen LogP contribution in [-0.4, -0.2) is 62.0 Å². The van der Waals surface area contributed by atoms with E-state index >= 15 is 0 Å². The molecule has 1 aromatic carbocycles. The molecule has 0 bridgehead atoms. The molecule has 1 N–H and O–H groups in total. The summed E-state index contributed by atoms with van der Waals surface area (Å²) in [5.41, 5.74) is 0.781. The van der Waals surface area contributed by atoms with Crippen molar-refractivity contribution in [3.63, 3.8) is 0 Å². The van der Waals surface area contributed by atoms with Gasteiger partial charge in [-0.3, -0.25) is 9.59 Å². The van der Waals surface area contributed by atoms with E-state index in [2.05, 4.69) is 5.32 Å². The first-order valence-electron chi connectivity index (χ1n) is 9.51. The molecular weight excluding hydrogens is 387 g/mol. The summed E-state index contributed by atoms with van der Waals surface area (Å²) in [7, 11) is 0. The predicted octanol–water partition coefficient (Wildman–Crippen LogP) is 2.12. The van der Waals surface area contributed by atoms with Gasteiger partial charge in [0.15, 0.2) is 18.2 Å². The van der Waals surface area contributed by atoms with E-state index in [-0.39, 0.29) is 41.4 Å². The van der Waals surface area contributed by atoms with E-state index in [9.17, 15) is 14.0 Å². The summed E-state index contributed by atoms with van der Waals surface area (Å²) in [6.45, 7) is 4.51.